The Balaban J connectivity index is 0.947. The van der Waals surface area contributed by atoms with Crippen LogP contribution in [0.3, 0.4) is 0 Å². The van der Waals surface area contributed by atoms with Crippen LogP contribution in [0.2, 0.25) is 0 Å². The van der Waals surface area contributed by atoms with Crippen molar-refractivity contribution >= 4 is 17.1 Å². The summed E-state index contributed by atoms with van der Waals surface area (Å²) < 4.78 is 0. The standard InChI is InChI=1S/C67H49N/c1-65(2)55-24-10-5-17-48(55)52-40-35-44(41-61(52)65)42-31-36-45(37-32-42)68(46-38-33-43(34-39-46)47-22-15-23-53-51-20-6-11-25-56(51)66(3,4)64(47)53)62-30-16-29-60-63(62)54-21-9-14-28-59(54)67(60)57-26-12-7-18-49(57)50-19-8-13-27-58(50)67/h5-41H,1-4H3. The van der Waals surface area contributed by atoms with E-state index in [2.05, 4.69) is 257 Å². The molecule has 68 heavy (non-hydrogen) atoms. The third-order valence-electron chi connectivity index (χ3n) is 16.3. The monoisotopic (exact) mass is 867 g/mol. The minimum atomic E-state index is -0.437. The van der Waals surface area contributed by atoms with Crippen LogP contribution in [0.1, 0.15) is 72.2 Å². The predicted octanol–water partition coefficient (Wildman–Crippen LogP) is 17.4. The van der Waals surface area contributed by atoms with Gasteiger partial charge in [-0.05, 0) is 142 Å². The lowest BCUT2D eigenvalue weighted by atomic mass is 9.70. The van der Waals surface area contributed by atoms with Gasteiger partial charge in [-0.15, -0.1) is 0 Å². The highest BCUT2D eigenvalue weighted by Crippen LogP contribution is 2.65. The van der Waals surface area contributed by atoms with Crippen LogP contribution in [-0.2, 0) is 16.2 Å². The predicted molar refractivity (Wildman–Crippen MR) is 283 cm³/mol. The zero-order valence-corrected chi connectivity index (χ0v) is 38.8. The molecule has 0 amide bonds. The lowest BCUT2D eigenvalue weighted by Gasteiger charge is -2.32. The van der Waals surface area contributed by atoms with Crippen molar-refractivity contribution < 1.29 is 0 Å². The molecule has 0 bridgehead atoms. The van der Waals surface area contributed by atoms with Crippen molar-refractivity contribution in [3.63, 3.8) is 0 Å². The zero-order chi connectivity index (χ0) is 45.5. The Morgan fingerprint density at radius 2 is 0.691 bits per heavy atom. The fourth-order valence-electron chi connectivity index (χ4n) is 13.3. The first kappa shape index (κ1) is 39.2. The molecule has 0 heterocycles. The van der Waals surface area contributed by atoms with Crippen LogP contribution >= 0.6 is 0 Å². The highest BCUT2D eigenvalue weighted by Gasteiger charge is 2.52. The fourth-order valence-corrected chi connectivity index (χ4v) is 13.3. The van der Waals surface area contributed by atoms with E-state index < -0.39 is 5.41 Å². The van der Waals surface area contributed by atoms with E-state index in [1.54, 1.807) is 0 Å². The van der Waals surface area contributed by atoms with Crippen molar-refractivity contribution in [2.24, 2.45) is 0 Å². The minimum absolute atomic E-state index is 0.0634. The molecular weight excluding hydrogens is 819 g/mol. The van der Waals surface area contributed by atoms with Gasteiger partial charge in [0.05, 0.1) is 11.1 Å². The van der Waals surface area contributed by atoms with Crippen molar-refractivity contribution in [3.8, 4) is 66.8 Å². The van der Waals surface area contributed by atoms with E-state index >= 15 is 0 Å². The van der Waals surface area contributed by atoms with E-state index in [9.17, 15) is 0 Å². The van der Waals surface area contributed by atoms with Crippen LogP contribution in [0.4, 0.5) is 17.1 Å². The summed E-state index contributed by atoms with van der Waals surface area (Å²) in [5, 5.41) is 0. The highest BCUT2D eigenvalue weighted by atomic mass is 15.1. The van der Waals surface area contributed by atoms with Gasteiger partial charge in [-0.1, -0.05) is 216 Å². The third-order valence-corrected chi connectivity index (χ3v) is 16.3. The average Bonchev–Trinajstić information content (AvgIpc) is 4.02. The molecule has 4 aliphatic rings. The number of nitrogens with zero attached hydrogens (tertiary/aromatic N) is 1. The van der Waals surface area contributed by atoms with E-state index in [0.717, 1.165) is 11.4 Å². The molecule has 0 aromatic heterocycles. The van der Waals surface area contributed by atoms with Gasteiger partial charge in [-0.25, -0.2) is 0 Å². The molecule has 1 heteroatoms. The van der Waals surface area contributed by atoms with Crippen LogP contribution in [-0.4, -0.2) is 0 Å². The van der Waals surface area contributed by atoms with Gasteiger partial charge in [-0.2, -0.15) is 0 Å². The average molecular weight is 868 g/mol. The Labute approximate surface area is 399 Å². The summed E-state index contributed by atoms with van der Waals surface area (Å²) in [5.41, 5.74) is 29.3. The lowest BCUT2D eigenvalue weighted by Crippen LogP contribution is -2.26. The first-order valence-corrected chi connectivity index (χ1v) is 24.2. The fraction of sp³-hybridized carbons (Fsp3) is 0.104. The second-order valence-electron chi connectivity index (χ2n) is 20.3. The van der Waals surface area contributed by atoms with E-state index in [1.807, 2.05) is 0 Å². The van der Waals surface area contributed by atoms with E-state index in [0.29, 0.717) is 0 Å². The molecule has 0 saturated heterocycles. The van der Waals surface area contributed by atoms with Crippen LogP contribution in [0.15, 0.2) is 224 Å². The number of hydrogen-bond donors (Lipinski definition) is 0. The maximum Gasteiger partial charge on any atom is 0.0726 e. The van der Waals surface area contributed by atoms with Crippen molar-refractivity contribution in [2.75, 3.05) is 4.90 Å². The van der Waals surface area contributed by atoms with Gasteiger partial charge < -0.3 is 4.90 Å². The number of fused-ring (bicyclic) bond motifs is 16. The molecule has 0 radical (unpaired) electrons. The second-order valence-corrected chi connectivity index (χ2v) is 20.3. The van der Waals surface area contributed by atoms with Gasteiger partial charge in [-0.3, -0.25) is 0 Å². The molecule has 0 aliphatic heterocycles. The van der Waals surface area contributed by atoms with Crippen molar-refractivity contribution in [1.29, 1.82) is 0 Å². The van der Waals surface area contributed by atoms with Gasteiger partial charge in [0.15, 0.2) is 0 Å². The molecule has 14 rings (SSSR count). The summed E-state index contributed by atoms with van der Waals surface area (Å²) in [5.74, 6) is 0. The molecule has 10 aromatic rings. The van der Waals surface area contributed by atoms with Crippen molar-refractivity contribution in [1.82, 2.24) is 0 Å². The third kappa shape index (κ3) is 5.11. The van der Waals surface area contributed by atoms with Gasteiger partial charge in [0.2, 0.25) is 0 Å². The van der Waals surface area contributed by atoms with Gasteiger partial charge >= 0.3 is 0 Å². The van der Waals surface area contributed by atoms with Crippen LogP contribution in [0.25, 0.3) is 66.8 Å². The Morgan fingerprint density at radius 3 is 1.31 bits per heavy atom. The summed E-state index contributed by atoms with van der Waals surface area (Å²) in [6.45, 7) is 9.49. The van der Waals surface area contributed by atoms with Gasteiger partial charge in [0.25, 0.3) is 0 Å². The summed E-state index contributed by atoms with van der Waals surface area (Å²) in [7, 11) is 0. The molecule has 0 saturated carbocycles. The Hall–Kier alpha value is -8.00. The van der Waals surface area contributed by atoms with E-state index in [4.69, 9.17) is 0 Å². The molecule has 0 N–H and O–H groups in total. The maximum absolute atomic E-state index is 2.51. The summed E-state index contributed by atoms with van der Waals surface area (Å²) in [6, 6.07) is 84.8. The number of anilines is 3. The highest BCUT2D eigenvalue weighted by molar-refractivity contribution is 6.01. The Morgan fingerprint density at radius 1 is 0.279 bits per heavy atom. The zero-order valence-electron chi connectivity index (χ0n) is 38.8. The normalized spacial score (nSPS) is 15.1. The molecule has 0 fully saturated rings. The van der Waals surface area contributed by atoms with E-state index in [1.165, 1.54) is 117 Å². The molecule has 1 nitrogen and oxygen atoms in total. The first-order chi connectivity index (χ1) is 33.3. The molecular formula is C67H49N. The van der Waals surface area contributed by atoms with Crippen LogP contribution in [0.5, 0.6) is 0 Å². The lowest BCUT2D eigenvalue weighted by molar-refractivity contribution is 0.660. The summed E-state index contributed by atoms with van der Waals surface area (Å²) >= 11 is 0. The second kappa shape index (κ2) is 14.0. The molecule has 322 valence electrons. The smallest absolute Gasteiger partial charge is 0.0726 e. The van der Waals surface area contributed by atoms with E-state index in [-0.39, 0.29) is 10.8 Å². The molecule has 0 atom stereocenters. The Kier molecular flexibility index (Phi) is 8.08. The molecule has 10 aromatic carbocycles. The van der Waals surface area contributed by atoms with Gasteiger partial charge in [0, 0.05) is 27.8 Å². The maximum atomic E-state index is 2.51. The Bertz CT molecular complexity index is 3690. The minimum Gasteiger partial charge on any atom is -0.310 e. The number of hydrogen-bond acceptors (Lipinski definition) is 1. The number of rotatable bonds is 5. The quantitative estimate of drug-likeness (QED) is 0.167. The molecule has 4 aliphatic carbocycles. The summed E-state index contributed by atoms with van der Waals surface area (Å²) in [4.78, 5) is 2.51. The van der Waals surface area contributed by atoms with Crippen LogP contribution in [0, 0.1) is 0 Å². The first-order valence-electron chi connectivity index (χ1n) is 24.2. The summed E-state index contributed by atoms with van der Waals surface area (Å²) in [6.07, 6.45) is 0. The van der Waals surface area contributed by atoms with Crippen molar-refractivity contribution in [2.45, 2.75) is 43.9 Å². The molecule has 1 spiro atoms. The topological polar surface area (TPSA) is 3.24 Å². The SMILES string of the molecule is CC1(C)c2ccccc2-c2ccc(-c3ccc(N(c4ccc(-c5cccc6c5C(C)(C)c5ccccc5-6)cc4)c4cccc5c4-c4ccccc4C54c5ccccc5-c5ccccc54)cc3)cc21. The molecule has 0 unspecified atom stereocenters. The number of benzene rings is 10. The largest absolute Gasteiger partial charge is 0.310 e. The van der Waals surface area contributed by atoms with Crippen LogP contribution < -0.4 is 4.90 Å². The van der Waals surface area contributed by atoms with Crippen molar-refractivity contribution in [3.05, 3.63) is 269 Å². The van der Waals surface area contributed by atoms with Gasteiger partial charge in [0.1, 0.15) is 0 Å².